The van der Waals surface area contributed by atoms with E-state index < -0.39 is 11.4 Å². The summed E-state index contributed by atoms with van der Waals surface area (Å²) in [6.07, 6.45) is 1.98. The van der Waals surface area contributed by atoms with Crippen molar-refractivity contribution in [3.8, 4) is 6.07 Å². The monoisotopic (exact) mass is 199 g/mol. The first-order valence-electron chi connectivity index (χ1n) is 4.02. The molecule has 0 aliphatic rings. The van der Waals surface area contributed by atoms with Crippen LogP contribution in [-0.2, 0) is 9.53 Å². The number of rotatable bonds is 5. The second-order valence-electron chi connectivity index (χ2n) is 3.20. The highest BCUT2D eigenvalue weighted by molar-refractivity contribution is 5.82. The molecule has 0 amide bonds. The summed E-state index contributed by atoms with van der Waals surface area (Å²) < 4.78 is 4.69. The zero-order valence-corrected chi connectivity index (χ0v) is 7.93. The van der Waals surface area contributed by atoms with E-state index in [-0.39, 0.29) is 19.8 Å². The summed E-state index contributed by atoms with van der Waals surface area (Å²) in [5.41, 5.74) is -0.837. The van der Waals surface area contributed by atoms with E-state index in [1.807, 2.05) is 0 Å². The first-order valence-corrected chi connectivity index (χ1v) is 4.02. The maximum Gasteiger partial charge on any atom is 0.331 e. The van der Waals surface area contributed by atoms with Gasteiger partial charge in [-0.05, 0) is 0 Å². The van der Waals surface area contributed by atoms with Crippen LogP contribution in [0.3, 0.4) is 0 Å². The fourth-order valence-electron chi connectivity index (χ4n) is 0.540. The van der Waals surface area contributed by atoms with E-state index in [9.17, 15) is 4.79 Å². The molecule has 0 spiro atoms. The SMILES string of the molecule is CC(CO)(CO)COC(=O)C=CC#N. The smallest absolute Gasteiger partial charge is 0.331 e. The summed E-state index contributed by atoms with van der Waals surface area (Å²) in [5, 5.41) is 25.8. The number of allylic oxidation sites excluding steroid dienone is 1. The lowest BCUT2D eigenvalue weighted by molar-refractivity contribution is -0.143. The standard InChI is InChI=1S/C9H13NO4/c1-9(5-11,6-12)7-14-8(13)3-2-4-10/h2-3,11-12H,5-7H2,1H3. The van der Waals surface area contributed by atoms with Crippen molar-refractivity contribution in [2.24, 2.45) is 5.41 Å². The molecule has 5 heteroatoms. The van der Waals surface area contributed by atoms with Gasteiger partial charge in [0.1, 0.15) is 6.61 Å². The molecule has 0 saturated heterocycles. The summed E-state index contributed by atoms with van der Waals surface area (Å²) in [5.74, 6) is -0.667. The first kappa shape index (κ1) is 12.6. The molecule has 14 heavy (non-hydrogen) atoms. The van der Waals surface area contributed by atoms with Crippen LogP contribution in [0, 0.1) is 16.7 Å². The minimum atomic E-state index is -0.837. The van der Waals surface area contributed by atoms with Gasteiger partial charge < -0.3 is 14.9 Å². The van der Waals surface area contributed by atoms with Crippen LogP contribution in [0.25, 0.3) is 0 Å². The molecule has 5 nitrogen and oxygen atoms in total. The number of esters is 1. The molecule has 0 aliphatic heterocycles. The number of carbonyl (C=O) groups is 1. The molecule has 0 aliphatic carbocycles. The number of ether oxygens (including phenoxy) is 1. The summed E-state index contributed by atoms with van der Waals surface area (Å²) in [6.45, 7) is 0.931. The van der Waals surface area contributed by atoms with Crippen LogP contribution >= 0.6 is 0 Å². The zero-order chi connectivity index (χ0) is 11.0. The molecule has 0 fully saturated rings. The number of hydrogen-bond acceptors (Lipinski definition) is 5. The van der Waals surface area contributed by atoms with Gasteiger partial charge in [-0.1, -0.05) is 6.92 Å². The van der Waals surface area contributed by atoms with Crippen LogP contribution in [0.15, 0.2) is 12.2 Å². The fourth-order valence-corrected chi connectivity index (χ4v) is 0.540. The summed E-state index contributed by atoms with van der Waals surface area (Å²) in [4.78, 5) is 10.9. The molecule has 0 saturated carbocycles. The van der Waals surface area contributed by atoms with Crippen LogP contribution in [0.2, 0.25) is 0 Å². The third-order valence-corrected chi connectivity index (χ3v) is 1.62. The van der Waals surface area contributed by atoms with Crippen molar-refractivity contribution < 1.29 is 19.7 Å². The molecule has 0 bridgehead atoms. The Bertz CT molecular complexity index is 250. The quantitative estimate of drug-likeness (QED) is 0.357. The number of aliphatic hydroxyl groups excluding tert-OH is 2. The fraction of sp³-hybridized carbons (Fsp3) is 0.556. The van der Waals surface area contributed by atoms with Gasteiger partial charge in [0.05, 0.1) is 19.3 Å². The highest BCUT2D eigenvalue weighted by atomic mass is 16.5. The van der Waals surface area contributed by atoms with Crippen LogP contribution in [0.4, 0.5) is 0 Å². The maximum absolute atomic E-state index is 10.9. The average molecular weight is 199 g/mol. The Morgan fingerprint density at radius 1 is 1.57 bits per heavy atom. The molecule has 78 valence electrons. The molecule has 0 heterocycles. The number of aliphatic hydroxyl groups is 2. The molecule has 0 rings (SSSR count). The van der Waals surface area contributed by atoms with Gasteiger partial charge >= 0.3 is 5.97 Å². The second-order valence-corrected chi connectivity index (χ2v) is 3.20. The van der Waals surface area contributed by atoms with E-state index in [1.165, 1.54) is 0 Å². The van der Waals surface area contributed by atoms with Crippen molar-refractivity contribution in [1.29, 1.82) is 5.26 Å². The van der Waals surface area contributed by atoms with E-state index in [2.05, 4.69) is 0 Å². The van der Waals surface area contributed by atoms with Gasteiger partial charge in [-0.25, -0.2) is 4.79 Å². The number of nitriles is 1. The molecule has 0 aromatic carbocycles. The van der Waals surface area contributed by atoms with Crippen LogP contribution in [0.1, 0.15) is 6.92 Å². The molecular weight excluding hydrogens is 186 g/mol. The molecule has 0 radical (unpaired) electrons. The Morgan fingerprint density at radius 2 is 2.14 bits per heavy atom. The molecule has 2 N–H and O–H groups in total. The normalized spacial score (nSPS) is 11.3. The summed E-state index contributed by atoms with van der Waals surface area (Å²) >= 11 is 0. The summed E-state index contributed by atoms with van der Waals surface area (Å²) in [7, 11) is 0. The van der Waals surface area contributed by atoms with Crippen molar-refractivity contribution >= 4 is 5.97 Å². The van der Waals surface area contributed by atoms with Crippen molar-refractivity contribution in [1.82, 2.24) is 0 Å². The van der Waals surface area contributed by atoms with Gasteiger partial charge in [-0.3, -0.25) is 0 Å². The van der Waals surface area contributed by atoms with Crippen LogP contribution < -0.4 is 0 Å². The third-order valence-electron chi connectivity index (χ3n) is 1.62. The first-order chi connectivity index (χ1) is 6.58. The molecular formula is C9H13NO4. The topological polar surface area (TPSA) is 90.5 Å². The predicted molar refractivity (Wildman–Crippen MR) is 48.0 cm³/mol. The second kappa shape index (κ2) is 6.13. The van der Waals surface area contributed by atoms with Gasteiger partial charge in [0.2, 0.25) is 0 Å². The Hall–Kier alpha value is -1.38. The van der Waals surface area contributed by atoms with Crippen molar-refractivity contribution in [2.75, 3.05) is 19.8 Å². The van der Waals surface area contributed by atoms with Crippen LogP contribution in [0.5, 0.6) is 0 Å². The highest BCUT2D eigenvalue weighted by Crippen LogP contribution is 2.14. The van der Waals surface area contributed by atoms with Gasteiger partial charge in [0, 0.05) is 17.6 Å². The number of nitrogens with zero attached hydrogens (tertiary/aromatic N) is 1. The molecule has 0 aromatic rings. The van der Waals surface area contributed by atoms with Gasteiger partial charge in [-0.15, -0.1) is 0 Å². The zero-order valence-electron chi connectivity index (χ0n) is 7.93. The minimum absolute atomic E-state index is 0.0887. The summed E-state index contributed by atoms with van der Waals surface area (Å²) in [6, 6.07) is 1.64. The van der Waals surface area contributed by atoms with E-state index in [0.29, 0.717) is 0 Å². The Labute approximate surface area is 82.2 Å². The van der Waals surface area contributed by atoms with Gasteiger partial charge in [0.25, 0.3) is 0 Å². The van der Waals surface area contributed by atoms with Gasteiger partial charge in [0.15, 0.2) is 0 Å². The predicted octanol–water partition coefficient (Wildman–Crippen LogP) is -0.400. The van der Waals surface area contributed by atoms with E-state index >= 15 is 0 Å². The lowest BCUT2D eigenvalue weighted by Crippen LogP contribution is -2.32. The Balaban J connectivity index is 3.99. The van der Waals surface area contributed by atoms with Crippen LogP contribution in [-0.4, -0.2) is 36.0 Å². The van der Waals surface area contributed by atoms with E-state index in [1.54, 1.807) is 13.0 Å². The molecule has 0 unspecified atom stereocenters. The maximum atomic E-state index is 10.9. The number of hydrogen-bond donors (Lipinski definition) is 2. The highest BCUT2D eigenvalue weighted by Gasteiger charge is 2.24. The van der Waals surface area contributed by atoms with E-state index in [4.69, 9.17) is 20.2 Å². The Morgan fingerprint density at radius 3 is 2.57 bits per heavy atom. The van der Waals surface area contributed by atoms with Crippen molar-refractivity contribution in [2.45, 2.75) is 6.92 Å². The average Bonchev–Trinajstić information content (AvgIpc) is 2.23. The van der Waals surface area contributed by atoms with Crippen molar-refractivity contribution in [3.05, 3.63) is 12.2 Å². The number of carbonyl (C=O) groups excluding carboxylic acids is 1. The molecule has 0 aromatic heterocycles. The van der Waals surface area contributed by atoms with Crippen molar-refractivity contribution in [3.63, 3.8) is 0 Å². The lowest BCUT2D eigenvalue weighted by Gasteiger charge is -2.23. The lowest BCUT2D eigenvalue weighted by atomic mass is 9.95. The Kier molecular flexibility index (Phi) is 5.53. The largest absolute Gasteiger partial charge is 0.462 e. The van der Waals surface area contributed by atoms with Gasteiger partial charge in [-0.2, -0.15) is 5.26 Å². The third kappa shape index (κ3) is 4.60. The molecule has 0 atom stereocenters. The van der Waals surface area contributed by atoms with E-state index in [0.717, 1.165) is 12.2 Å². The minimum Gasteiger partial charge on any atom is -0.462 e.